The van der Waals surface area contributed by atoms with Gasteiger partial charge in [0, 0.05) is 17.8 Å². The molecule has 62 valence electrons. The summed E-state index contributed by atoms with van der Waals surface area (Å²) in [5.74, 6) is -0.326. The summed E-state index contributed by atoms with van der Waals surface area (Å²) in [7, 11) is 0. The van der Waals surface area contributed by atoms with E-state index in [1.807, 2.05) is 18.2 Å². The summed E-state index contributed by atoms with van der Waals surface area (Å²) in [6.45, 7) is 0.696. The van der Waals surface area contributed by atoms with Crippen molar-refractivity contribution >= 4 is 5.91 Å². The van der Waals surface area contributed by atoms with Crippen molar-refractivity contribution in [3.63, 3.8) is 0 Å². The number of amides is 1. The molecule has 1 aliphatic heterocycles. The molecule has 12 heavy (non-hydrogen) atoms. The zero-order valence-corrected chi connectivity index (χ0v) is 6.63. The second-order valence-electron chi connectivity index (χ2n) is 2.86. The molecule has 0 aromatic heterocycles. The van der Waals surface area contributed by atoms with Crippen molar-refractivity contribution in [1.82, 2.24) is 5.32 Å². The average molecular weight is 162 g/mol. The van der Waals surface area contributed by atoms with Gasteiger partial charge in [0.1, 0.15) is 0 Å². The van der Waals surface area contributed by atoms with Crippen LogP contribution in [0.2, 0.25) is 0 Å². The fraction of sp³-hybridized carbons (Fsp3) is 0.222. The van der Waals surface area contributed by atoms with E-state index < -0.39 is 0 Å². The van der Waals surface area contributed by atoms with Crippen LogP contribution in [0.3, 0.4) is 0 Å². The molecule has 0 unspecified atom stereocenters. The minimum atomic E-state index is -0.326. The largest absolute Gasteiger partial charge is 0.381 e. The van der Waals surface area contributed by atoms with Gasteiger partial charge in [-0.1, -0.05) is 12.2 Å². The lowest BCUT2D eigenvalue weighted by Gasteiger charge is -2.15. The third-order valence-corrected chi connectivity index (χ3v) is 2.12. The Morgan fingerprint density at radius 2 is 2.42 bits per heavy atom. The van der Waals surface area contributed by atoms with Crippen LogP contribution in [-0.4, -0.2) is 12.5 Å². The van der Waals surface area contributed by atoms with Crippen molar-refractivity contribution in [3.8, 4) is 0 Å². The van der Waals surface area contributed by atoms with E-state index in [1.54, 1.807) is 0 Å². The number of primary amides is 1. The third kappa shape index (κ3) is 0.942. The van der Waals surface area contributed by atoms with Gasteiger partial charge in [-0.25, -0.2) is 0 Å². The van der Waals surface area contributed by atoms with E-state index in [2.05, 4.69) is 5.32 Å². The standard InChI is InChI=1S/C9H10N2O/c10-9(12)7-4-5-11-8-3-1-2-6(7)8/h1,3-4,11H,2,5H2,(H2,10,12). The van der Waals surface area contributed by atoms with Gasteiger partial charge in [-0.15, -0.1) is 0 Å². The van der Waals surface area contributed by atoms with Crippen molar-refractivity contribution in [2.45, 2.75) is 6.42 Å². The Balaban J connectivity index is 2.37. The summed E-state index contributed by atoms with van der Waals surface area (Å²) in [6.07, 6.45) is 6.68. The lowest BCUT2D eigenvalue weighted by atomic mass is 10.0. The predicted molar refractivity (Wildman–Crippen MR) is 46.1 cm³/mol. The smallest absolute Gasteiger partial charge is 0.248 e. The number of dihydropyridines is 1. The van der Waals surface area contributed by atoms with E-state index in [-0.39, 0.29) is 5.91 Å². The zero-order valence-electron chi connectivity index (χ0n) is 6.63. The summed E-state index contributed by atoms with van der Waals surface area (Å²) in [4.78, 5) is 11.0. The molecular weight excluding hydrogens is 152 g/mol. The number of carbonyl (C=O) groups excluding carboxylic acids is 1. The van der Waals surface area contributed by atoms with Gasteiger partial charge in [0.25, 0.3) is 0 Å². The van der Waals surface area contributed by atoms with Gasteiger partial charge < -0.3 is 11.1 Å². The minimum Gasteiger partial charge on any atom is -0.381 e. The summed E-state index contributed by atoms with van der Waals surface area (Å²) in [6, 6.07) is 0. The van der Waals surface area contributed by atoms with Gasteiger partial charge in [-0.05, 0) is 18.1 Å². The van der Waals surface area contributed by atoms with Crippen LogP contribution in [0.1, 0.15) is 6.42 Å². The van der Waals surface area contributed by atoms with Crippen molar-refractivity contribution < 1.29 is 4.79 Å². The number of carbonyl (C=O) groups is 1. The Morgan fingerprint density at radius 1 is 1.58 bits per heavy atom. The maximum atomic E-state index is 11.0. The normalized spacial score (nSPS) is 20.2. The Labute approximate surface area is 70.6 Å². The molecule has 0 radical (unpaired) electrons. The van der Waals surface area contributed by atoms with Crippen LogP contribution in [0.25, 0.3) is 0 Å². The van der Waals surface area contributed by atoms with Crippen LogP contribution in [-0.2, 0) is 4.79 Å². The fourth-order valence-corrected chi connectivity index (χ4v) is 1.56. The number of hydrogen-bond donors (Lipinski definition) is 2. The molecule has 2 rings (SSSR count). The molecule has 1 aliphatic carbocycles. The number of hydrogen-bond acceptors (Lipinski definition) is 2. The highest BCUT2D eigenvalue weighted by Crippen LogP contribution is 2.26. The topological polar surface area (TPSA) is 55.1 Å². The first-order valence-electron chi connectivity index (χ1n) is 3.93. The van der Waals surface area contributed by atoms with Crippen LogP contribution >= 0.6 is 0 Å². The summed E-state index contributed by atoms with van der Waals surface area (Å²) in [5, 5.41) is 3.17. The quantitative estimate of drug-likeness (QED) is 0.579. The van der Waals surface area contributed by atoms with Gasteiger partial charge in [-0.3, -0.25) is 4.79 Å². The summed E-state index contributed by atoms with van der Waals surface area (Å²) < 4.78 is 0. The number of nitrogens with two attached hydrogens (primary N) is 1. The summed E-state index contributed by atoms with van der Waals surface area (Å²) >= 11 is 0. The molecule has 0 fully saturated rings. The highest BCUT2D eigenvalue weighted by Gasteiger charge is 2.19. The first kappa shape index (κ1) is 7.16. The minimum absolute atomic E-state index is 0.326. The lowest BCUT2D eigenvalue weighted by molar-refractivity contribution is -0.114. The summed E-state index contributed by atoms with van der Waals surface area (Å²) in [5.41, 5.74) is 7.98. The molecule has 3 nitrogen and oxygen atoms in total. The predicted octanol–water partition coefficient (Wildman–Crippen LogP) is 0.215. The van der Waals surface area contributed by atoms with Gasteiger partial charge in [0.2, 0.25) is 5.91 Å². The van der Waals surface area contributed by atoms with Crippen molar-refractivity contribution in [2.24, 2.45) is 5.73 Å². The molecule has 0 saturated carbocycles. The average Bonchev–Trinajstić information content (AvgIpc) is 2.49. The second kappa shape index (κ2) is 2.52. The van der Waals surface area contributed by atoms with Gasteiger partial charge in [0.05, 0.1) is 0 Å². The van der Waals surface area contributed by atoms with Gasteiger partial charge in [0.15, 0.2) is 0 Å². The first-order valence-corrected chi connectivity index (χ1v) is 3.93. The van der Waals surface area contributed by atoms with Gasteiger partial charge in [-0.2, -0.15) is 0 Å². The molecule has 3 heteroatoms. The molecule has 0 aromatic rings. The maximum absolute atomic E-state index is 11.0. The van der Waals surface area contributed by atoms with E-state index in [9.17, 15) is 4.79 Å². The van der Waals surface area contributed by atoms with Crippen molar-refractivity contribution in [1.29, 1.82) is 0 Å². The van der Waals surface area contributed by atoms with Crippen LogP contribution in [0.15, 0.2) is 35.1 Å². The number of rotatable bonds is 1. The van der Waals surface area contributed by atoms with Crippen LogP contribution in [0.4, 0.5) is 0 Å². The third-order valence-electron chi connectivity index (χ3n) is 2.12. The van der Waals surface area contributed by atoms with E-state index >= 15 is 0 Å². The lowest BCUT2D eigenvalue weighted by Crippen LogP contribution is -2.24. The Morgan fingerprint density at radius 3 is 3.17 bits per heavy atom. The molecule has 0 atom stereocenters. The Bertz CT molecular complexity index is 323. The highest BCUT2D eigenvalue weighted by molar-refractivity contribution is 5.97. The molecule has 2 aliphatic rings. The fourth-order valence-electron chi connectivity index (χ4n) is 1.56. The molecule has 0 spiro atoms. The molecule has 1 amide bonds. The molecule has 3 N–H and O–H groups in total. The number of nitrogens with one attached hydrogen (secondary N) is 1. The first-order chi connectivity index (χ1) is 5.79. The maximum Gasteiger partial charge on any atom is 0.248 e. The Kier molecular flexibility index (Phi) is 1.50. The van der Waals surface area contributed by atoms with Crippen LogP contribution < -0.4 is 11.1 Å². The monoisotopic (exact) mass is 162 g/mol. The highest BCUT2D eigenvalue weighted by atomic mass is 16.1. The molecule has 1 heterocycles. The molecule has 0 bridgehead atoms. The SMILES string of the molecule is NC(=O)C1=CCNC2=C1CC=C2. The van der Waals surface area contributed by atoms with Crippen LogP contribution in [0, 0.1) is 0 Å². The van der Waals surface area contributed by atoms with Crippen molar-refractivity contribution in [3.05, 3.63) is 35.1 Å². The number of allylic oxidation sites excluding steroid dienone is 2. The zero-order chi connectivity index (χ0) is 8.55. The molecule has 0 saturated heterocycles. The van der Waals surface area contributed by atoms with Gasteiger partial charge >= 0.3 is 0 Å². The van der Waals surface area contributed by atoms with E-state index in [1.165, 1.54) is 0 Å². The van der Waals surface area contributed by atoms with E-state index in [0.29, 0.717) is 12.1 Å². The second-order valence-corrected chi connectivity index (χ2v) is 2.86. The molecular formula is C9H10N2O. The Hall–Kier alpha value is -1.51. The van der Waals surface area contributed by atoms with Crippen molar-refractivity contribution in [2.75, 3.05) is 6.54 Å². The van der Waals surface area contributed by atoms with E-state index in [0.717, 1.165) is 17.7 Å². The van der Waals surface area contributed by atoms with E-state index in [4.69, 9.17) is 5.73 Å². The van der Waals surface area contributed by atoms with Crippen LogP contribution in [0.5, 0.6) is 0 Å². The molecule has 0 aromatic carbocycles.